The number of nitrogens with two attached hydrogens (primary N) is 2. The molecule has 5 N–H and O–H groups in total. The van der Waals surface area contributed by atoms with Crippen LogP contribution in [0.4, 0.5) is 0 Å². The summed E-state index contributed by atoms with van der Waals surface area (Å²) in [5, 5.41) is 3.01. The van der Waals surface area contributed by atoms with Gasteiger partial charge in [0.2, 0.25) is 0 Å². The molecule has 0 aromatic carbocycles. The molecule has 0 aliphatic carbocycles. The minimum absolute atomic E-state index is 0.162. The Balaban J connectivity index is 2.88. The van der Waals surface area contributed by atoms with Gasteiger partial charge in [0.1, 0.15) is 0 Å². The third-order valence-corrected chi connectivity index (χ3v) is 1.79. The highest BCUT2D eigenvalue weighted by Gasteiger charge is 2.01. The molecule has 1 heterocycles. The molecule has 74 valence electrons. The van der Waals surface area contributed by atoms with Crippen LogP contribution in [0.3, 0.4) is 0 Å². The van der Waals surface area contributed by atoms with Crippen molar-refractivity contribution in [1.29, 1.82) is 0 Å². The zero-order valence-electron chi connectivity index (χ0n) is 7.73. The van der Waals surface area contributed by atoms with Crippen molar-refractivity contribution >= 4 is 6.29 Å². The summed E-state index contributed by atoms with van der Waals surface area (Å²) in [4.78, 5) is 10.3. The molecule has 0 spiro atoms. The quantitative estimate of drug-likeness (QED) is 0.331. The Morgan fingerprint density at radius 3 is 2.86 bits per heavy atom. The van der Waals surface area contributed by atoms with Gasteiger partial charge in [-0.1, -0.05) is 6.08 Å². The standard InChI is InChI=1S/C10H13N3O/c11-6-9(5-10(12)7-14)8-1-3-13-4-2-8/h1-3,5-7,13H,4,11-12H2/b9-6+,10-5+. The summed E-state index contributed by atoms with van der Waals surface area (Å²) in [5.74, 6) is 0. The van der Waals surface area contributed by atoms with Gasteiger partial charge in [0.05, 0.1) is 5.70 Å². The van der Waals surface area contributed by atoms with Crippen LogP contribution >= 0.6 is 0 Å². The molecule has 1 aliphatic rings. The van der Waals surface area contributed by atoms with E-state index in [9.17, 15) is 4.79 Å². The molecule has 0 aromatic rings. The number of allylic oxidation sites excluding steroid dienone is 5. The van der Waals surface area contributed by atoms with Crippen LogP contribution in [0.25, 0.3) is 0 Å². The highest BCUT2D eigenvalue weighted by molar-refractivity contribution is 5.73. The third-order valence-electron chi connectivity index (χ3n) is 1.79. The number of hydrogen-bond acceptors (Lipinski definition) is 4. The second-order valence-corrected chi connectivity index (χ2v) is 2.79. The van der Waals surface area contributed by atoms with Crippen LogP contribution in [-0.4, -0.2) is 12.8 Å². The summed E-state index contributed by atoms with van der Waals surface area (Å²) in [6.45, 7) is 0.748. The molecule has 1 aliphatic heterocycles. The molecule has 14 heavy (non-hydrogen) atoms. The maximum atomic E-state index is 10.3. The van der Waals surface area contributed by atoms with Crippen molar-refractivity contribution in [2.75, 3.05) is 6.54 Å². The van der Waals surface area contributed by atoms with Crippen LogP contribution in [0.15, 0.2) is 47.5 Å². The lowest BCUT2D eigenvalue weighted by Gasteiger charge is -2.08. The van der Waals surface area contributed by atoms with E-state index in [0.717, 1.165) is 17.7 Å². The third kappa shape index (κ3) is 2.52. The summed E-state index contributed by atoms with van der Waals surface area (Å²) in [5.41, 5.74) is 12.7. The molecule has 0 amide bonds. The maximum Gasteiger partial charge on any atom is 0.165 e. The minimum atomic E-state index is 0.162. The lowest BCUT2D eigenvalue weighted by atomic mass is 10.0. The van der Waals surface area contributed by atoms with Gasteiger partial charge in [-0.3, -0.25) is 4.79 Å². The van der Waals surface area contributed by atoms with Gasteiger partial charge in [-0.15, -0.1) is 0 Å². The Labute approximate surface area is 82.7 Å². The monoisotopic (exact) mass is 191 g/mol. The average molecular weight is 191 g/mol. The first-order valence-corrected chi connectivity index (χ1v) is 4.22. The van der Waals surface area contributed by atoms with E-state index in [1.165, 1.54) is 6.20 Å². The molecule has 0 radical (unpaired) electrons. The predicted octanol–water partition coefficient (Wildman–Crippen LogP) is -0.0862. The molecular weight excluding hydrogens is 178 g/mol. The molecule has 0 aromatic heterocycles. The summed E-state index contributed by atoms with van der Waals surface area (Å²) < 4.78 is 0. The highest BCUT2D eigenvalue weighted by Crippen LogP contribution is 2.13. The molecule has 1 rings (SSSR count). The van der Waals surface area contributed by atoms with Crippen LogP contribution in [0.1, 0.15) is 0 Å². The van der Waals surface area contributed by atoms with Crippen LogP contribution < -0.4 is 16.8 Å². The first-order valence-electron chi connectivity index (χ1n) is 4.22. The zero-order valence-corrected chi connectivity index (χ0v) is 7.73. The van der Waals surface area contributed by atoms with Crippen molar-refractivity contribution in [1.82, 2.24) is 5.32 Å². The van der Waals surface area contributed by atoms with Crippen LogP contribution in [0.2, 0.25) is 0 Å². The van der Waals surface area contributed by atoms with Gasteiger partial charge < -0.3 is 16.8 Å². The summed E-state index contributed by atoms with van der Waals surface area (Å²) in [6, 6.07) is 0. The van der Waals surface area contributed by atoms with E-state index in [0.29, 0.717) is 6.29 Å². The average Bonchev–Trinajstić information content (AvgIpc) is 2.26. The fourth-order valence-electron chi connectivity index (χ4n) is 1.11. The van der Waals surface area contributed by atoms with Crippen LogP contribution in [-0.2, 0) is 4.79 Å². The number of aldehydes is 1. The molecule has 0 unspecified atom stereocenters. The Kier molecular flexibility index (Phi) is 3.55. The van der Waals surface area contributed by atoms with Crippen molar-refractivity contribution in [3.05, 3.63) is 47.5 Å². The number of carbonyl (C=O) groups is 1. The van der Waals surface area contributed by atoms with Crippen LogP contribution in [0, 0.1) is 0 Å². The smallest absolute Gasteiger partial charge is 0.165 e. The zero-order chi connectivity index (χ0) is 10.4. The van der Waals surface area contributed by atoms with Gasteiger partial charge in [0.25, 0.3) is 0 Å². The number of rotatable bonds is 3. The van der Waals surface area contributed by atoms with Gasteiger partial charge in [-0.05, 0) is 29.5 Å². The van der Waals surface area contributed by atoms with E-state index in [1.54, 1.807) is 6.08 Å². The first kappa shape index (κ1) is 10.1. The Bertz CT molecular complexity index is 337. The topological polar surface area (TPSA) is 81.1 Å². The molecule has 0 fully saturated rings. The van der Waals surface area contributed by atoms with Gasteiger partial charge in [0, 0.05) is 12.7 Å². The van der Waals surface area contributed by atoms with E-state index in [-0.39, 0.29) is 5.70 Å². The molecule has 0 saturated heterocycles. The molecular formula is C10H13N3O. The van der Waals surface area contributed by atoms with Gasteiger partial charge in [-0.2, -0.15) is 0 Å². The fourth-order valence-corrected chi connectivity index (χ4v) is 1.11. The normalized spacial score (nSPS) is 17.3. The van der Waals surface area contributed by atoms with Crippen molar-refractivity contribution in [3.63, 3.8) is 0 Å². The van der Waals surface area contributed by atoms with Crippen molar-refractivity contribution in [2.45, 2.75) is 0 Å². The summed E-state index contributed by atoms with van der Waals surface area (Å²) in [6.07, 6.45) is 9.23. The lowest BCUT2D eigenvalue weighted by Crippen LogP contribution is -2.10. The van der Waals surface area contributed by atoms with E-state index in [1.807, 2.05) is 18.4 Å². The highest BCUT2D eigenvalue weighted by atomic mass is 16.1. The fraction of sp³-hybridized carbons (Fsp3) is 0.100. The van der Waals surface area contributed by atoms with E-state index < -0.39 is 0 Å². The Morgan fingerprint density at radius 2 is 2.36 bits per heavy atom. The summed E-state index contributed by atoms with van der Waals surface area (Å²) in [7, 11) is 0. The van der Waals surface area contributed by atoms with Crippen LogP contribution in [0.5, 0.6) is 0 Å². The van der Waals surface area contributed by atoms with Crippen molar-refractivity contribution in [2.24, 2.45) is 11.5 Å². The maximum absolute atomic E-state index is 10.3. The van der Waals surface area contributed by atoms with E-state index in [4.69, 9.17) is 11.5 Å². The lowest BCUT2D eigenvalue weighted by molar-refractivity contribution is -0.104. The van der Waals surface area contributed by atoms with Gasteiger partial charge in [0.15, 0.2) is 6.29 Å². The summed E-state index contributed by atoms with van der Waals surface area (Å²) >= 11 is 0. The van der Waals surface area contributed by atoms with Crippen molar-refractivity contribution in [3.8, 4) is 0 Å². The second-order valence-electron chi connectivity index (χ2n) is 2.79. The van der Waals surface area contributed by atoms with Gasteiger partial charge >= 0.3 is 0 Å². The molecule has 0 saturated carbocycles. The molecule has 0 bridgehead atoms. The number of dihydropyridines is 1. The SMILES string of the molecule is N/C=C(\C=C(\N)C=O)C1=CCNC=C1. The van der Waals surface area contributed by atoms with E-state index in [2.05, 4.69) is 5.32 Å². The number of nitrogens with one attached hydrogen (secondary N) is 1. The first-order chi connectivity index (χ1) is 6.77. The predicted molar refractivity (Wildman–Crippen MR) is 55.8 cm³/mol. The molecule has 0 atom stereocenters. The largest absolute Gasteiger partial charge is 0.404 e. The van der Waals surface area contributed by atoms with Crippen molar-refractivity contribution < 1.29 is 4.79 Å². The molecule has 4 nitrogen and oxygen atoms in total. The second kappa shape index (κ2) is 4.91. The van der Waals surface area contributed by atoms with E-state index >= 15 is 0 Å². The number of carbonyl (C=O) groups excluding carboxylic acids is 1. The minimum Gasteiger partial charge on any atom is -0.404 e. The molecule has 4 heteroatoms. The Morgan fingerprint density at radius 1 is 1.57 bits per heavy atom. The van der Waals surface area contributed by atoms with Gasteiger partial charge in [-0.25, -0.2) is 0 Å². The number of hydrogen-bond donors (Lipinski definition) is 3. The Hall–Kier alpha value is -1.97.